The van der Waals surface area contributed by atoms with Crippen molar-refractivity contribution in [3.8, 4) is 5.75 Å². The number of methoxy groups -OCH3 is 1. The van der Waals surface area contributed by atoms with Crippen LogP contribution in [0.5, 0.6) is 5.75 Å². The van der Waals surface area contributed by atoms with Crippen LogP contribution in [0.3, 0.4) is 0 Å². The van der Waals surface area contributed by atoms with Gasteiger partial charge in [0.1, 0.15) is 11.3 Å². The molecule has 2 rings (SSSR count). The number of phenolic OH excluding ortho intramolecular Hbond substituents is 1. The first-order valence-electron chi connectivity index (χ1n) is 5.09. The topological polar surface area (TPSA) is 76.1 Å². The van der Waals surface area contributed by atoms with Gasteiger partial charge in [-0.1, -0.05) is 0 Å². The fourth-order valence-corrected chi connectivity index (χ4v) is 3.52. The molecule has 1 atom stereocenters. The van der Waals surface area contributed by atoms with Gasteiger partial charge in [0.15, 0.2) is 0 Å². The minimum absolute atomic E-state index is 0.0331. The molecule has 0 radical (unpaired) electrons. The van der Waals surface area contributed by atoms with Gasteiger partial charge in [-0.3, -0.25) is 4.67 Å². The lowest BCUT2D eigenvalue weighted by atomic mass is 10.2. The summed E-state index contributed by atoms with van der Waals surface area (Å²) in [5, 5.41) is 9.72. The van der Waals surface area contributed by atoms with Crippen LogP contribution in [0.2, 0.25) is 0 Å². The third-order valence-corrected chi connectivity index (χ3v) is 4.88. The molecule has 6 nitrogen and oxygen atoms in total. The summed E-state index contributed by atoms with van der Waals surface area (Å²) in [5.41, 5.74) is 0.460. The van der Waals surface area contributed by atoms with Gasteiger partial charge in [0, 0.05) is 11.8 Å². The summed E-state index contributed by atoms with van der Waals surface area (Å²) in [6, 6.07) is 4.21. The molecule has 0 aliphatic carbocycles. The summed E-state index contributed by atoms with van der Waals surface area (Å²) in [5.74, 6) is -0.909. The number of anilines is 1. The second-order valence-corrected chi connectivity index (χ2v) is 6.53. The predicted octanol–water partition coefficient (Wildman–Crippen LogP) is 2.36. The zero-order valence-corrected chi connectivity index (χ0v) is 11.1. The Balaban J connectivity index is 2.35. The molecule has 0 spiro atoms. The van der Waals surface area contributed by atoms with E-state index in [4.69, 9.17) is 15.8 Å². The van der Waals surface area contributed by atoms with E-state index < -0.39 is 12.8 Å². The van der Waals surface area contributed by atoms with Crippen LogP contribution >= 0.6 is 18.1 Å². The molecular formula is C10H11ClNO5P. The van der Waals surface area contributed by atoms with Crippen LogP contribution in [0.15, 0.2) is 18.2 Å². The van der Waals surface area contributed by atoms with E-state index in [1.54, 1.807) is 0 Å². The normalized spacial score (nSPS) is 23.1. The molecule has 1 aromatic carbocycles. The molecule has 0 amide bonds. The molecule has 1 aromatic rings. The summed E-state index contributed by atoms with van der Waals surface area (Å²) in [6.45, 7) is -2.75. The van der Waals surface area contributed by atoms with Crippen LogP contribution in [0, 0.1) is 0 Å². The van der Waals surface area contributed by atoms with Crippen molar-refractivity contribution in [2.45, 2.75) is 0 Å². The third kappa shape index (κ3) is 2.32. The minimum atomic E-state index is -3.36. The Bertz CT molecular complexity index is 535. The van der Waals surface area contributed by atoms with Crippen molar-refractivity contribution in [1.82, 2.24) is 0 Å². The molecule has 0 aromatic heterocycles. The zero-order valence-electron chi connectivity index (χ0n) is 9.50. The number of rotatable bonds is 2. The lowest BCUT2D eigenvalue weighted by Gasteiger charge is -2.19. The molecule has 1 unspecified atom stereocenters. The van der Waals surface area contributed by atoms with E-state index in [-0.39, 0.29) is 17.9 Å². The number of phenols is 1. The van der Waals surface area contributed by atoms with Crippen molar-refractivity contribution >= 4 is 29.8 Å². The Labute approximate surface area is 108 Å². The summed E-state index contributed by atoms with van der Waals surface area (Å²) < 4.78 is 22.6. The molecule has 0 bridgehead atoms. The maximum atomic E-state index is 11.8. The maximum Gasteiger partial charge on any atom is 0.388 e. The second kappa shape index (κ2) is 4.80. The lowest BCUT2D eigenvalue weighted by Crippen LogP contribution is -2.13. The molecule has 1 aliphatic heterocycles. The van der Waals surface area contributed by atoms with Crippen molar-refractivity contribution < 1.29 is 23.7 Å². The second-order valence-electron chi connectivity index (χ2n) is 3.60. The van der Waals surface area contributed by atoms with Crippen molar-refractivity contribution in [1.29, 1.82) is 0 Å². The van der Waals surface area contributed by atoms with Gasteiger partial charge in [-0.15, -0.1) is 0 Å². The van der Waals surface area contributed by atoms with Crippen LogP contribution in [0.25, 0.3) is 0 Å². The highest BCUT2D eigenvalue weighted by Gasteiger charge is 2.35. The number of carbonyl (C=O) groups excluding carboxylic acids is 1. The summed E-state index contributed by atoms with van der Waals surface area (Å²) in [4.78, 5) is 11.3. The molecule has 8 heteroatoms. The SMILES string of the molecule is COC(=O)c1ccc(N2CCOP2(=O)Cl)cc1O. The average Bonchev–Trinajstić information content (AvgIpc) is 2.68. The molecule has 1 fully saturated rings. The van der Waals surface area contributed by atoms with Crippen LogP contribution in [-0.2, 0) is 13.8 Å². The zero-order chi connectivity index (χ0) is 13.3. The molecule has 1 aliphatic rings. The molecular weight excluding hydrogens is 281 g/mol. The molecule has 1 heterocycles. The van der Waals surface area contributed by atoms with E-state index in [1.807, 2.05) is 0 Å². The van der Waals surface area contributed by atoms with Gasteiger partial charge in [0.2, 0.25) is 0 Å². The maximum absolute atomic E-state index is 11.8. The number of esters is 1. The van der Waals surface area contributed by atoms with Crippen molar-refractivity contribution in [2.24, 2.45) is 0 Å². The number of carbonyl (C=O) groups is 1. The third-order valence-electron chi connectivity index (χ3n) is 2.53. The molecule has 0 saturated carbocycles. The fraction of sp³-hybridized carbons (Fsp3) is 0.300. The fourth-order valence-electron chi connectivity index (χ4n) is 1.66. The Morgan fingerprint density at radius 1 is 1.61 bits per heavy atom. The number of hydrogen-bond acceptors (Lipinski definition) is 5. The van der Waals surface area contributed by atoms with Gasteiger partial charge in [-0.2, -0.15) is 0 Å². The summed E-state index contributed by atoms with van der Waals surface area (Å²) >= 11 is 5.74. The van der Waals surface area contributed by atoms with Gasteiger partial charge < -0.3 is 14.4 Å². The van der Waals surface area contributed by atoms with Gasteiger partial charge in [-0.05, 0) is 23.4 Å². The van der Waals surface area contributed by atoms with Crippen LogP contribution < -0.4 is 4.67 Å². The quantitative estimate of drug-likeness (QED) is 0.666. The lowest BCUT2D eigenvalue weighted by molar-refractivity contribution is 0.0597. The van der Waals surface area contributed by atoms with E-state index in [2.05, 4.69) is 4.74 Å². The van der Waals surface area contributed by atoms with Crippen molar-refractivity contribution in [2.75, 3.05) is 24.9 Å². The Morgan fingerprint density at radius 2 is 2.33 bits per heavy atom. The highest BCUT2D eigenvalue weighted by atomic mass is 35.7. The first-order valence-corrected chi connectivity index (χ1v) is 7.57. The van der Waals surface area contributed by atoms with E-state index >= 15 is 0 Å². The van der Waals surface area contributed by atoms with Crippen LogP contribution in [0.1, 0.15) is 10.4 Å². The van der Waals surface area contributed by atoms with E-state index in [0.29, 0.717) is 12.2 Å². The predicted molar refractivity (Wildman–Crippen MR) is 66.2 cm³/mol. The molecule has 1 saturated heterocycles. The standard InChI is InChI=1S/C10H11ClNO5P/c1-16-10(14)8-3-2-7(6-9(8)13)12-4-5-17-18(12,11)15/h2-3,6,13H,4-5H2,1H3. The number of aromatic hydroxyl groups is 1. The van der Waals surface area contributed by atoms with E-state index in [1.165, 1.54) is 30.0 Å². The number of nitrogens with zero attached hydrogens (tertiary/aromatic N) is 1. The van der Waals surface area contributed by atoms with E-state index in [9.17, 15) is 14.5 Å². The van der Waals surface area contributed by atoms with Gasteiger partial charge in [0.25, 0.3) is 0 Å². The molecule has 1 N–H and O–H groups in total. The van der Waals surface area contributed by atoms with Crippen molar-refractivity contribution in [3.05, 3.63) is 23.8 Å². The monoisotopic (exact) mass is 291 g/mol. The number of hydrogen-bond donors (Lipinski definition) is 1. The average molecular weight is 292 g/mol. The summed E-state index contributed by atoms with van der Waals surface area (Å²) in [6.07, 6.45) is 0. The Kier molecular flexibility index (Phi) is 3.52. The summed E-state index contributed by atoms with van der Waals surface area (Å²) in [7, 11) is 1.22. The highest BCUT2D eigenvalue weighted by Crippen LogP contribution is 2.60. The first-order chi connectivity index (χ1) is 8.45. The van der Waals surface area contributed by atoms with Crippen molar-refractivity contribution in [3.63, 3.8) is 0 Å². The Morgan fingerprint density at radius 3 is 2.83 bits per heavy atom. The van der Waals surface area contributed by atoms with Gasteiger partial charge in [-0.25, -0.2) is 9.36 Å². The Hall–Kier alpha value is -1.23. The van der Waals surface area contributed by atoms with E-state index in [0.717, 1.165) is 0 Å². The molecule has 98 valence electrons. The first kappa shape index (κ1) is 13.2. The number of benzene rings is 1. The number of ether oxygens (including phenoxy) is 1. The number of halogens is 1. The largest absolute Gasteiger partial charge is 0.507 e. The smallest absolute Gasteiger partial charge is 0.388 e. The highest BCUT2D eigenvalue weighted by molar-refractivity contribution is 7.86. The van der Waals surface area contributed by atoms with Gasteiger partial charge in [0.05, 0.1) is 20.3 Å². The van der Waals surface area contributed by atoms with Gasteiger partial charge >= 0.3 is 12.8 Å². The van der Waals surface area contributed by atoms with Crippen LogP contribution in [-0.4, -0.2) is 31.3 Å². The molecule has 18 heavy (non-hydrogen) atoms. The minimum Gasteiger partial charge on any atom is -0.507 e. The van der Waals surface area contributed by atoms with Crippen LogP contribution in [0.4, 0.5) is 5.69 Å².